The van der Waals surface area contributed by atoms with Gasteiger partial charge < -0.3 is 9.84 Å². The van der Waals surface area contributed by atoms with Crippen molar-refractivity contribution in [3.63, 3.8) is 0 Å². The molecule has 0 fully saturated rings. The second-order valence-corrected chi connectivity index (χ2v) is 5.47. The lowest BCUT2D eigenvalue weighted by atomic mass is 10.0. The zero-order chi connectivity index (χ0) is 15.4. The van der Waals surface area contributed by atoms with Crippen molar-refractivity contribution in [1.82, 2.24) is 0 Å². The van der Waals surface area contributed by atoms with Gasteiger partial charge in [0, 0.05) is 11.4 Å². The monoisotopic (exact) mass is 304 g/mol. The van der Waals surface area contributed by atoms with Crippen LogP contribution in [-0.2, 0) is 11.2 Å². The fourth-order valence-corrected chi connectivity index (χ4v) is 2.34. The number of rotatable bonds is 5. The van der Waals surface area contributed by atoms with E-state index in [4.69, 9.17) is 16.3 Å². The van der Waals surface area contributed by atoms with Crippen molar-refractivity contribution in [2.45, 2.75) is 26.4 Å². The molecule has 2 rings (SSSR count). The third kappa shape index (κ3) is 4.23. The van der Waals surface area contributed by atoms with Gasteiger partial charge in [-0.2, -0.15) is 0 Å². The van der Waals surface area contributed by atoms with E-state index < -0.39 is 12.1 Å². The van der Waals surface area contributed by atoms with E-state index in [1.807, 2.05) is 32.0 Å². The van der Waals surface area contributed by atoms with Crippen molar-refractivity contribution >= 4 is 17.6 Å². The lowest BCUT2D eigenvalue weighted by Gasteiger charge is -2.17. The molecule has 1 N–H and O–H groups in total. The lowest BCUT2D eigenvalue weighted by Crippen LogP contribution is -2.29. The number of hydrogen-bond acceptors (Lipinski definition) is 2. The predicted octanol–water partition coefficient (Wildman–Crippen LogP) is 4.03. The zero-order valence-electron chi connectivity index (χ0n) is 12.0. The Morgan fingerprint density at radius 2 is 2.00 bits per heavy atom. The molecular formula is C17H17ClO3. The fourth-order valence-electron chi connectivity index (χ4n) is 2.16. The van der Waals surface area contributed by atoms with Crippen LogP contribution >= 0.6 is 11.6 Å². The van der Waals surface area contributed by atoms with E-state index in [2.05, 4.69) is 0 Å². The number of carboxylic acids is 1. The van der Waals surface area contributed by atoms with Crippen LogP contribution in [0.15, 0.2) is 42.5 Å². The van der Waals surface area contributed by atoms with Gasteiger partial charge in [-0.1, -0.05) is 41.4 Å². The van der Waals surface area contributed by atoms with E-state index >= 15 is 0 Å². The average Bonchev–Trinajstić information content (AvgIpc) is 2.40. The first-order valence-corrected chi connectivity index (χ1v) is 7.04. The third-order valence-corrected chi connectivity index (χ3v) is 3.49. The van der Waals surface area contributed by atoms with Gasteiger partial charge in [0.25, 0.3) is 0 Å². The summed E-state index contributed by atoms with van der Waals surface area (Å²) in [6.45, 7) is 3.98. The molecule has 1 atom stereocenters. The van der Waals surface area contributed by atoms with Gasteiger partial charge in [-0.15, -0.1) is 0 Å². The summed E-state index contributed by atoms with van der Waals surface area (Å²) in [7, 11) is 0. The molecule has 21 heavy (non-hydrogen) atoms. The van der Waals surface area contributed by atoms with E-state index in [1.54, 1.807) is 24.3 Å². The molecule has 0 saturated heterocycles. The first kappa shape index (κ1) is 15.4. The molecule has 2 aromatic rings. The standard InChI is InChI=1S/C17H17ClO3/c1-11-6-7-13(12(2)8-11)9-16(17(19)20)21-15-5-3-4-14(18)10-15/h3-8,10,16H,9H2,1-2H3,(H,19,20)/t16-/m0/s1. The Bertz CT molecular complexity index is 652. The summed E-state index contributed by atoms with van der Waals surface area (Å²) in [5.41, 5.74) is 3.19. The minimum absolute atomic E-state index is 0.313. The molecule has 0 aliphatic carbocycles. The summed E-state index contributed by atoms with van der Waals surface area (Å²) in [6.07, 6.45) is -0.626. The van der Waals surface area contributed by atoms with Crippen molar-refractivity contribution < 1.29 is 14.6 Å². The summed E-state index contributed by atoms with van der Waals surface area (Å²) in [5, 5.41) is 9.87. The van der Waals surface area contributed by atoms with Crippen LogP contribution < -0.4 is 4.74 Å². The number of carboxylic acid groups (broad SMARTS) is 1. The Hall–Kier alpha value is -2.00. The van der Waals surface area contributed by atoms with Crippen LogP contribution in [0.25, 0.3) is 0 Å². The van der Waals surface area contributed by atoms with Gasteiger partial charge in [-0.3, -0.25) is 0 Å². The van der Waals surface area contributed by atoms with E-state index in [0.29, 0.717) is 17.2 Å². The molecule has 0 bridgehead atoms. The molecule has 0 amide bonds. The minimum Gasteiger partial charge on any atom is -0.478 e. The maximum Gasteiger partial charge on any atom is 0.345 e. The third-order valence-electron chi connectivity index (χ3n) is 3.25. The number of ether oxygens (including phenoxy) is 1. The van der Waals surface area contributed by atoms with Crippen molar-refractivity contribution in [3.8, 4) is 5.75 Å². The molecular weight excluding hydrogens is 288 g/mol. The Kier molecular flexibility index (Phi) is 4.86. The van der Waals surface area contributed by atoms with E-state index in [1.165, 1.54) is 0 Å². The van der Waals surface area contributed by atoms with Crippen LogP contribution in [0.5, 0.6) is 5.75 Å². The van der Waals surface area contributed by atoms with Crippen LogP contribution in [0.4, 0.5) is 0 Å². The highest BCUT2D eigenvalue weighted by molar-refractivity contribution is 6.30. The van der Waals surface area contributed by atoms with Gasteiger partial charge in [0.1, 0.15) is 5.75 Å². The number of halogens is 1. The van der Waals surface area contributed by atoms with Gasteiger partial charge in [0.2, 0.25) is 0 Å². The largest absolute Gasteiger partial charge is 0.478 e. The highest BCUT2D eigenvalue weighted by atomic mass is 35.5. The summed E-state index contributed by atoms with van der Waals surface area (Å²) in [6, 6.07) is 12.7. The van der Waals surface area contributed by atoms with Crippen LogP contribution in [0, 0.1) is 13.8 Å². The number of carbonyl (C=O) groups is 1. The number of benzene rings is 2. The quantitative estimate of drug-likeness (QED) is 0.907. The summed E-state index contributed by atoms with van der Waals surface area (Å²) >= 11 is 5.88. The van der Waals surface area contributed by atoms with Crippen LogP contribution in [0.1, 0.15) is 16.7 Å². The molecule has 0 aliphatic rings. The average molecular weight is 305 g/mol. The molecule has 0 saturated carbocycles. The fraction of sp³-hybridized carbons (Fsp3) is 0.235. The molecule has 2 aromatic carbocycles. The SMILES string of the molecule is Cc1ccc(C[C@H](Oc2cccc(Cl)c2)C(=O)O)c(C)c1. The van der Waals surface area contributed by atoms with E-state index in [0.717, 1.165) is 16.7 Å². The highest BCUT2D eigenvalue weighted by Crippen LogP contribution is 2.20. The molecule has 3 nitrogen and oxygen atoms in total. The Labute approximate surface area is 129 Å². The van der Waals surface area contributed by atoms with Crippen LogP contribution in [-0.4, -0.2) is 17.2 Å². The van der Waals surface area contributed by atoms with Gasteiger partial charge in [0.15, 0.2) is 6.10 Å². The van der Waals surface area contributed by atoms with Crippen molar-refractivity contribution in [1.29, 1.82) is 0 Å². The first-order chi connectivity index (χ1) is 9.95. The maximum absolute atomic E-state index is 11.4. The predicted molar refractivity (Wildman–Crippen MR) is 83.1 cm³/mol. The number of aryl methyl sites for hydroxylation is 2. The van der Waals surface area contributed by atoms with Crippen molar-refractivity contribution in [2.75, 3.05) is 0 Å². The molecule has 0 aliphatic heterocycles. The second kappa shape index (κ2) is 6.64. The topological polar surface area (TPSA) is 46.5 Å². The number of hydrogen-bond donors (Lipinski definition) is 1. The Morgan fingerprint density at radius 3 is 2.62 bits per heavy atom. The summed E-state index contributed by atoms with van der Waals surface area (Å²) in [5.74, 6) is -0.533. The molecule has 4 heteroatoms. The van der Waals surface area contributed by atoms with Gasteiger partial charge in [-0.05, 0) is 43.2 Å². The number of aliphatic carboxylic acids is 1. The normalized spacial score (nSPS) is 12.0. The summed E-state index contributed by atoms with van der Waals surface area (Å²) < 4.78 is 5.56. The van der Waals surface area contributed by atoms with Gasteiger partial charge in [-0.25, -0.2) is 4.79 Å². The van der Waals surface area contributed by atoms with Crippen LogP contribution in [0.2, 0.25) is 5.02 Å². The smallest absolute Gasteiger partial charge is 0.345 e. The molecule has 0 aromatic heterocycles. The van der Waals surface area contributed by atoms with Crippen molar-refractivity contribution in [2.24, 2.45) is 0 Å². The minimum atomic E-state index is -0.991. The molecule has 110 valence electrons. The lowest BCUT2D eigenvalue weighted by molar-refractivity contribution is -0.145. The highest BCUT2D eigenvalue weighted by Gasteiger charge is 2.21. The molecule has 0 radical (unpaired) electrons. The Morgan fingerprint density at radius 1 is 1.24 bits per heavy atom. The Balaban J connectivity index is 2.18. The molecule has 0 unspecified atom stereocenters. The van der Waals surface area contributed by atoms with Crippen LogP contribution in [0.3, 0.4) is 0 Å². The van der Waals surface area contributed by atoms with Crippen molar-refractivity contribution in [3.05, 3.63) is 64.2 Å². The summed E-state index contributed by atoms with van der Waals surface area (Å²) in [4.78, 5) is 11.4. The maximum atomic E-state index is 11.4. The second-order valence-electron chi connectivity index (χ2n) is 5.04. The first-order valence-electron chi connectivity index (χ1n) is 6.67. The van der Waals surface area contributed by atoms with E-state index in [-0.39, 0.29) is 0 Å². The van der Waals surface area contributed by atoms with E-state index in [9.17, 15) is 9.90 Å². The molecule has 0 heterocycles. The van der Waals surface area contributed by atoms with Gasteiger partial charge in [0.05, 0.1) is 0 Å². The molecule has 0 spiro atoms. The zero-order valence-corrected chi connectivity index (χ0v) is 12.7. The van der Waals surface area contributed by atoms with Gasteiger partial charge >= 0.3 is 5.97 Å².